The molecule has 1 aliphatic rings. The van der Waals surface area contributed by atoms with E-state index in [0.29, 0.717) is 6.61 Å². The third kappa shape index (κ3) is 3.34. The van der Waals surface area contributed by atoms with Crippen LogP contribution in [-0.4, -0.2) is 33.1 Å². The maximum Gasteiger partial charge on any atom is 0.287 e. The first-order valence-corrected chi connectivity index (χ1v) is 8.59. The molecule has 0 aromatic carbocycles. The summed E-state index contributed by atoms with van der Waals surface area (Å²) in [4.78, 5) is 11.7. The number of ether oxygens (including phenoxy) is 1. The number of amides is 1. The minimum atomic E-state index is -3.90. The second-order valence-corrected chi connectivity index (χ2v) is 7.22. The average molecular weight is 322 g/mol. The van der Waals surface area contributed by atoms with Crippen molar-refractivity contribution < 1.29 is 22.4 Å². The second kappa shape index (κ2) is 5.75. The second-order valence-electron chi connectivity index (χ2n) is 4.69. The fourth-order valence-electron chi connectivity index (χ4n) is 2.13. The molecule has 0 bridgehead atoms. The molecule has 0 spiro atoms. The lowest BCUT2D eigenvalue weighted by molar-refractivity contribution is -0.00885. The van der Waals surface area contributed by atoms with Gasteiger partial charge in [0.1, 0.15) is 10.7 Å². The normalized spacial score (nSPS) is 22.4. The van der Waals surface area contributed by atoms with E-state index >= 15 is 0 Å². The molecular weight excluding hydrogens is 306 g/mol. The fourth-order valence-corrected chi connectivity index (χ4v) is 3.22. The summed E-state index contributed by atoms with van der Waals surface area (Å²) in [6, 6.07) is 1.17. The van der Waals surface area contributed by atoms with Gasteiger partial charge >= 0.3 is 0 Å². The van der Waals surface area contributed by atoms with E-state index < -0.39 is 15.0 Å². The summed E-state index contributed by atoms with van der Waals surface area (Å²) >= 11 is 0. The molecule has 2 rings (SSSR count). The summed E-state index contributed by atoms with van der Waals surface area (Å²) in [6.45, 7) is 4.02. The number of aryl methyl sites for hydroxylation is 1. The largest absolute Gasteiger partial charge is 0.455 e. The molecule has 1 fully saturated rings. The molecule has 1 N–H and O–H groups in total. The van der Waals surface area contributed by atoms with E-state index in [1.165, 1.54) is 6.92 Å². The maximum absolute atomic E-state index is 11.9. The Morgan fingerprint density at radius 2 is 2.20 bits per heavy atom. The van der Waals surface area contributed by atoms with Gasteiger partial charge in [0.2, 0.25) is 0 Å². The van der Waals surface area contributed by atoms with Crippen LogP contribution in [0.2, 0.25) is 0 Å². The number of carbonyl (C=O) groups excluding carboxylic acids is 1. The molecule has 20 heavy (non-hydrogen) atoms. The quantitative estimate of drug-likeness (QED) is 0.836. The van der Waals surface area contributed by atoms with Gasteiger partial charge in [-0.15, -0.1) is 0 Å². The number of rotatable bonds is 5. The number of nitrogens with one attached hydrogen (secondary N) is 1. The van der Waals surface area contributed by atoms with Gasteiger partial charge in [0.25, 0.3) is 15.0 Å². The minimum Gasteiger partial charge on any atom is -0.455 e. The van der Waals surface area contributed by atoms with Gasteiger partial charge in [-0.25, -0.2) is 8.42 Å². The lowest BCUT2D eigenvalue weighted by atomic mass is 9.89. The van der Waals surface area contributed by atoms with Crippen LogP contribution in [0.3, 0.4) is 0 Å². The van der Waals surface area contributed by atoms with E-state index in [2.05, 4.69) is 5.32 Å². The molecule has 1 amide bonds. The summed E-state index contributed by atoms with van der Waals surface area (Å²) in [5, 5.41) is 2.76. The van der Waals surface area contributed by atoms with Crippen molar-refractivity contribution in [3.63, 3.8) is 0 Å². The van der Waals surface area contributed by atoms with Gasteiger partial charge in [-0.3, -0.25) is 4.79 Å². The number of hydrogen-bond acceptors (Lipinski definition) is 5. The van der Waals surface area contributed by atoms with Crippen molar-refractivity contribution in [1.82, 2.24) is 5.32 Å². The molecule has 1 aliphatic carbocycles. The maximum atomic E-state index is 11.9. The van der Waals surface area contributed by atoms with Gasteiger partial charge in [-0.1, -0.05) is 0 Å². The monoisotopic (exact) mass is 321 g/mol. The Labute approximate surface area is 121 Å². The Hall–Kier alpha value is -1.05. The molecule has 6 nitrogen and oxygen atoms in total. The molecule has 0 atom stereocenters. The van der Waals surface area contributed by atoms with Crippen LogP contribution in [0.25, 0.3) is 0 Å². The van der Waals surface area contributed by atoms with Crippen molar-refractivity contribution in [1.29, 1.82) is 0 Å². The fraction of sp³-hybridized carbons (Fsp3) is 0.583. The molecular formula is C12H16ClNO5S. The molecule has 8 heteroatoms. The van der Waals surface area contributed by atoms with E-state index in [4.69, 9.17) is 19.8 Å². The third-order valence-electron chi connectivity index (χ3n) is 3.19. The van der Waals surface area contributed by atoms with Crippen LogP contribution in [0.15, 0.2) is 15.4 Å². The van der Waals surface area contributed by atoms with Crippen molar-refractivity contribution in [2.45, 2.75) is 43.7 Å². The number of furan rings is 1. The highest BCUT2D eigenvalue weighted by Gasteiger charge is 2.32. The first-order valence-electron chi connectivity index (χ1n) is 6.28. The Morgan fingerprint density at radius 3 is 2.70 bits per heavy atom. The van der Waals surface area contributed by atoms with E-state index in [1.54, 1.807) is 0 Å². The number of halogens is 1. The van der Waals surface area contributed by atoms with Crippen molar-refractivity contribution in [3.05, 3.63) is 17.6 Å². The molecule has 0 radical (unpaired) electrons. The van der Waals surface area contributed by atoms with Gasteiger partial charge in [0.15, 0.2) is 5.76 Å². The molecule has 1 aromatic rings. The number of hydrogen-bond donors (Lipinski definition) is 1. The molecule has 0 saturated heterocycles. The summed E-state index contributed by atoms with van der Waals surface area (Å²) < 4.78 is 33.0. The first kappa shape index (κ1) is 15.3. The van der Waals surface area contributed by atoms with Crippen LogP contribution in [0.5, 0.6) is 0 Å². The Morgan fingerprint density at radius 1 is 1.55 bits per heavy atom. The van der Waals surface area contributed by atoms with E-state index in [-0.39, 0.29) is 28.6 Å². The van der Waals surface area contributed by atoms with Crippen molar-refractivity contribution in [3.8, 4) is 0 Å². The summed E-state index contributed by atoms with van der Waals surface area (Å²) in [7, 11) is 1.34. The lowest BCUT2D eigenvalue weighted by Gasteiger charge is -2.35. The zero-order valence-corrected chi connectivity index (χ0v) is 12.8. The van der Waals surface area contributed by atoms with Crippen molar-refractivity contribution in [2.75, 3.05) is 6.61 Å². The van der Waals surface area contributed by atoms with Crippen LogP contribution in [0.1, 0.15) is 36.1 Å². The first-order chi connectivity index (χ1) is 9.31. The smallest absolute Gasteiger partial charge is 0.287 e. The minimum absolute atomic E-state index is 0.0283. The molecule has 112 valence electrons. The van der Waals surface area contributed by atoms with Crippen LogP contribution in [0, 0.1) is 6.92 Å². The Balaban J connectivity index is 1.98. The zero-order chi connectivity index (χ0) is 14.9. The molecule has 1 heterocycles. The van der Waals surface area contributed by atoms with Crippen molar-refractivity contribution in [2.24, 2.45) is 0 Å². The predicted molar refractivity (Wildman–Crippen MR) is 72.4 cm³/mol. The van der Waals surface area contributed by atoms with Crippen LogP contribution >= 0.6 is 10.7 Å². The zero-order valence-electron chi connectivity index (χ0n) is 11.2. The topological polar surface area (TPSA) is 85.6 Å². The standard InChI is InChI=1S/C12H16ClNO5S/c1-3-18-9-4-8(5-9)14-12(15)10-6-11(7(2)19-10)20(13,16)17/h6,8-9H,3-5H2,1-2H3,(H,14,15). The molecule has 1 saturated carbocycles. The highest BCUT2D eigenvalue weighted by atomic mass is 35.7. The van der Waals surface area contributed by atoms with Crippen molar-refractivity contribution >= 4 is 25.6 Å². The highest BCUT2D eigenvalue weighted by Crippen LogP contribution is 2.26. The van der Waals surface area contributed by atoms with Gasteiger partial charge in [0.05, 0.1) is 6.10 Å². The Bertz CT molecular complexity index is 603. The van der Waals surface area contributed by atoms with Crippen LogP contribution in [-0.2, 0) is 13.8 Å². The molecule has 0 unspecified atom stereocenters. The summed E-state index contributed by atoms with van der Waals surface area (Å²) in [6.07, 6.45) is 1.68. The lowest BCUT2D eigenvalue weighted by Crippen LogP contribution is -2.47. The van der Waals surface area contributed by atoms with E-state index in [9.17, 15) is 13.2 Å². The summed E-state index contributed by atoms with van der Waals surface area (Å²) in [5.74, 6) is -0.396. The highest BCUT2D eigenvalue weighted by molar-refractivity contribution is 8.13. The SMILES string of the molecule is CCOC1CC(NC(=O)c2cc(S(=O)(=O)Cl)c(C)o2)C1. The van der Waals surface area contributed by atoms with E-state index in [1.807, 2.05) is 6.92 Å². The third-order valence-corrected chi connectivity index (χ3v) is 4.62. The Kier molecular flexibility index (Phi) is 4.41. The molecule has 0 aliphatic heterocycles. The number of carbonyl (C=O) groups is 1. The molecule has 1 aromatic heterocycles. The predicted octanol–water partition coefficient (Wildman–Crippen LogP) is 1.81. The van der Waals surface area contributed by atoms with Gasteiger partial charge in [-0.05, 0) is 26.7 Å². The van der Waals surface area contributed by atoms with E-state index in [0.717, 1.165) is 18.9 Å². The van der Waals surface area contributed by atoms with Crippen LogP contribution < -0.4 is 5.32 Å². The average Bonchev–Trinajstić information content (AvgIpc) is 2.68. The van der Waals surface area contributed by atoms with Gasteiger partial charge < -0.3 is 14.5 Å². The van der Waals surface area contributed by atoms with Gasteiger partial charge in [-0.2, -0.15) is 0 Å². The van der Waals surface area contributed by atoms with Gasteiger partial charge in [0, 0.05) is 29.4 Å². The summed E-state index contributed by atoms with van der Waals surface area (Å²) in [5.41, 5.74) is 0. The van der Waals surface area contributed by atoms with Crippen LogP contribution in [0.4, 0.5) is 0 Å².